The van der Waals surface area contributed by atoms with E-state index in [0.29, 0.717) is 0 Å². The number of benzene rings is 3. The quantitative estimate of drug-likeness (QED) is 0.512. The summed E-state index contributed by atoms with van der Waals surface area (Å²) in [6.45, 7) is 2.25. The van der Waals surface area contributed by atoms with Crippen molar-refractivity contribution in [3.8, 4) is 22.3 Å². The molecule has 0 nitrogen and oxygen atoms in total. The van der Waals surface area contributed by atoms with Gasteiger partial charge >= 0.3 is 0 Å². The first-order valence-electron chi connectivity index (χ1n) is 8.64. The van der Waals surface area contributed by atoms with Crippen molar-refractivity contribution in [3.63, 3.8) is 0 Å². The lowest BCUT2D eigenvalue weighted by atomic mass is 9.77. The van der Waals surface area contributed by atoms with E-state index in [0.717, 1.165) is 0 Å². The van der Waals surface area contributed by atoms with Crippen LogP contribution in [0, 0.1) is 6.92 Å². The summed E-state index contributed by atoms with van der Waals surface area (Å²) in [5, 5.41) is 0. The molecule has 3 aromatic rings. The zero-order valence-electron chi connectivity index (χ0n) is 13.5. The minimum atomic E-state index is 1.17. The van der Waals surface area contributed by atoms with Crippen LogP contribution in [-0.4, -0.2) is 0 Å². The lowest BCUT2D eigenvalue weighted by Gasteiger charge is -2.27. The van der Waals surface area contributed by atoms with Crippen molar-refractivity contribution in [1.29, 1.82) is 0 Å². The van der Waals surface area contributed by atoms with E-state index in [2.05, 4.69) is 61.5 Å². The molecular formula is C23H20. The lowest BCUT2D eigenvalue weighted by molar-refractivity contribution is 0.915. The molecule has 0 aromatic heterocycles. The Hall–Kier alpha value is -2.34. The largest absolute Gasteiger partial charge is 0.0620 e. The molecule has 0 amide bonds. The van der Waals surface area contributed by atoms with Gasteiger partial charge in [0.15, 0.2) is 0 Å². The van der Waals surface area contributed by atoms with Gasteiger partial charge in [0.25, 0.3) is 0 Å². The molecule has 0 atom stereocenters. The van der Waals surface area contributed by atoms with Crippen LogP contribution in [0.5, 0.6) is 0 Å². The van der Waals surface area contributed by atoms with Crippen LogP contribution in [0.15, 0.2) is 54.6 Å². The van der Waals surface area contributed by atoms with Gasteiger partial charge in [-0.3, -0.25) is 0 Å². The number of hydrogen-bond donors (Lipinski definition) is 0. The molecule has 0 saturated carbocycles. The van der Waals surface area contributed by atoms with Gasteiger partial charge in [0, 0.05) is 0 Å². The number of fused-ring (bicyclic) bond motifs is 6. The topological polar surface area (TPSA) is 0 Å². The molecule has 0 saturated heterocycles. The first-order valence-corrected chi connectivity index (χ1v) is 8.64. The van der Waals surface area contributed by atoms with Crippen LogP contribution in [-0.2, 0) is 25.7 Å². The van der Waals surface area contributed by atoms with Gasteiger partial charge in [0.05, 0.1) is 0 Å². The molecule has 2 aliphatic carbocycles. The lowest BCUT2D eigenvalue weighted by Crippen LogP contribution is -2.10. The van der Waals surface area contributed by atoms with Crippen LogP contribution in [0.3, 0.4) is 0 Å². The molecular weight excluding hydrogens is 276 g/mol. The highest BCUT2D eigenvalue weighted by atomic mass is 14.3. The van der Waals surface area contributed by atoms with E-state index in [-0.39, 0.29) is 0 Å². The van der Waals surface area contributed by atoms with Gasteiger partial charge in [-0.15, -0.1) is 0 Å². The molecule has 0 unspecified atom stereocenters. The maximum atomic E-state index is 2.49. The summed E-state index contributed by atoms with van der Waals surface area (Å²) in [5.41, 5.74) is 13.4. The minimum absolute atomic E-state index is 1.17. The van der Waals surface area contributed by atoms with Gasteiger partial charge in [-0.25, -0.2) is 0 Å². The summed E-state index contributed by atoms with van der Waals surface area (Å²) in [6, 6.07) is 20.7. The molecule has 0 heteroatoms. The summed E-state index contributed by atoms with van der Waals surface area (Å²) >= 11 is 0. The fraction of sp³-hybridized carbons (Fsp3) is 0.217. The molecule has 0 N–H and O–H groups in total. The zero-order valence-corrected chi connectivity index (χ0v) is 13.5. The Morgan fingerprint density at radius 2 is 1.22 bits per heavy atom. The second kappa shape index (κ2) is 4.83. The normalized spacial score (nSPS) is 14.5. The van der Waals surface area contributed by atoms with E-state index in [1.54, 1.807) is 0 Å². The predicted octanol–water partition coefficient (Wildman–Crippen LogP) is 5.53. The van der Waals surface area contributed by atoms with Crippen LogP contribution in [0.25, 0.3) is 22.3 Å². The second-order valence-corrected chi connectivity index (χ2v) is 6.93. The average molecular weight is 296 g/mol. The molecule has 0 heterocycles. The predicted molar refractivity (Wildman–Crippen MR) is 96.9 cm³/mol. The van der Waals surface area contributed by atoms with Crippen molar-refractivity contribution in [1.82, 2.24) is 0 Å². The van der Waals surface area contributed by atoms with Crippen molar-refractivity contribution in [2.24, 2.45) is 0 Å². The third kappa shape index (κ3) is 1.91. The summed E-state index contributed by atoms with van der Waals surface area (Å²) in [4.78, 5) is 0. The van der Waals surface area contributed by atoms with Crippen molar-refractivity contribution in [3.05, 3.63) is 82.4 Å². The second-order valence-electron chi connectivity index (χ2n) is 6.93. The molecule has 0 radical (unpaired) electrons. The molecule has 0 bridgehead atoms. The molecule has 112 valence electrons. The van der Waals surface area contributed by atoms with Gasteiger partial charge in [-0.05, 0) is 82.7 Å². The van der Waals surface area contributed by atoms with E-state index in [4.69, 9.17) is 0 Å². The standard InChI is InChI=1S/C23H20/c1-15-5-4-7-17-10-12-19-13-21-18(14-22(19)23(15)17)11-9-16-6-2-3-8-20(16)21/h2-8,13-14H,9-12H2,1H3. The minimum Gasteiger partial charge on any atom is -0.0620 e. The van der Waals surface area contributed by atoms with E-state index in [1.807, 2.05) is 0 Å². The highest BCUT2D eigenvalue weighted by Crippen LogP contribution is 2.42. The monoisotopic (exact) mass is 296 g/mol. The van der Waals surface area contributed by atoms with E-state index in [1.165, 1.54) is 75.8 Å². The summed E-state index contributed by atoms with van der Waals surface area (Å²) in [7, 11) is 0. The Labute approximate surface area is 137 Å². The molecule has 3 aromatic carbocycles. The Morgan fingerprint density at radius 3 is 2.13 bits per heavy atom. The third-order valence-corrected chi connectivity index (χ3v) is 5.59. The van der Waals surface area contributed by atoms with Crippen LogP contribution in [0.4, 0.5) is 0 Å². The Morgan fingerprint density at radius 1 is 0.565 bits per heavy atom. The molecule has 0 spiro atoms. The smallest absolute Gasteiger partial charge is 0.0120 e. The maximum absolute atomic E-state index is 2.49. The summed E-state index contributed by atoms with van der Waals surface area (Å²) in [5.74, 6) is 0. The summed E-state index contributed by atoms with van der Waals surface area (Å²) in [6.07, 6.45) is 4.68. The average Bonchev–Trinajstić information content (AvgIpc) is 2.60. The SMILES string of the molecule is Cc1cccc2c1-c1cc3c(cc1CC2)-c1ccccc1CC3. The number of aryl methyl sites for hydroxylation is 5. The van der Waals surface area contributed by atoms with Crippen molar-refractivity contribution < 1.29 is 0 Å². The van der Waals surface area contributed by atoms with Gasteiger partial charge in [-0.2, -0.15) is 0 Å². The maximum Gasteiger partial charge on any atom is -0.0120 e. The first-order chi connectivity index (χ1) is 11.3. The molecule has 23 heavy (non-hydrogen) atoms. The zero-order chi connectivity index (χ0) is 15.4. The number of rotatable bonds is 0. The van der Waals surface area contributed by atoms with Crippen LogP contribution in [0.1, 0.15) is 27.8 Å². The molecule has 0 aliphatic heterocycles. The van der Waals surface area contributed by atoms with E-state index < -0.39 is 0 Å². The molecule has 5 rings (SSSR count). The van der Waals surface area contributed by atoms with E-state index >= 15 is 0 Å². The molecule has 2 aliphatic rings. The van der Waals surface area contributed by atoms with Gasteiger partial charge in [-0.1, -0.05) is 54.6 Å². The van der Waals surface area contributed by atoms with Crippen molar-refractivity contribution in [2.45, 2.75) is 32.6 Å². The van der Waals surface area contributed by atoms with Crippen LogP contribution in [0.2, 0.25) is 0 Å². The Bertz CT molecular complexity index is 931. The third-order valence-electron chi connectivity index (χ3n) is 5.59. The van der Waals surface area contributed by atoms with E-state index in [9.17, 15) is 0 Å². The van der Waals surface area contributed by atoms with Crippen LogP contribution < -0.4 is 0 Å². The van der Waals surface area contributed by atoms with Gasteiger partial charge in [0.2, 0.25) is 0 Å². The van der Waals surface area contributed by atoms with Crippen molar-refractivity contribution in [2.75, 3.05) is 0 Å². The van der Waals surface area contributed by atoms with Gasteiger partial charge in [0.1, 0.15) is 0 Å². The Kier molecular flexibility index (Phi) is 2.76. The Balaban J connectivity index is 1.77. The highest BCUT2D eigenvalue weighted by molar-refractivity contribution is 5.82. The number of hydrogen-bond acceptors (Lipinski definition) is 0. The molecule has 0 fully saturated rings. The van der Waals surface area contributed by atoms with Gasteiger partial charge < -0.3 is 0 Å². The fourth-order valence-electron chi connectivity index (χ4n) is 4.45. The van der Waals surface area contributed by atoms with Crippen molar-refractivity contribution >= 4 is 0 Å². The highest BCUT2D eigenvalue weighted by Gasteiger charge is 2.22. The van der Waals surface area contributed by atoms with Crippen LogP contribution >= 0.6 is 0 Å². The summed E-state index contributed by atoms with van der Waals surface area (Å²) < 4.78 is 0. The first kappa shape index (κ1) is 13.1. The fourth-order valence-corrected chi connectivity index (χ4v) is 4.45.